The number of nitrogens with one attached hydrogen (secondary N) is 1. The van der Waals surface area contributed by atoms with E-state index >= 15 is 0 Å². The molecule has 0 spiro atoms. The molecule has 0 radical (unpaired) electrons. The number of halogens is 3. The zero-order valence-electron chi connectivity index (χ0n) is 13.9. The van der Waals surface area contributed by atoms with Crippen LogP contribution < -0.4 is 11.1 Å². The number of benzene rings is 1. The number of anilines is 1. The van der Waals surface area contributed by atoms with Crippen LogP contribution in [0.2, 0.25) is 0 Å². The molecule has 0 saturated heterocycles. The number of carbonyl (C=O) groups excluding carboxylic acids is 1. The average Bonchev–Trinajstić information content (AvgIpc) is 3.00. The summed E-state index contributed by atoms with van der Waals surface area (Å²) >= 11 is 0. The lowest BCUT2D eigenvalue weighted by atomic mass is 10.2. The highest BCUT2D eigenvalue weighted by molar-refractivity contribution is 5.94. The van der Waals surface area contributed by atoms with Gasteiger partial charge in [0, 0.05) is 0 Å². The van der Waals surface area contributed by atoms with Gasteiger partial charge in [-0.2, -0.15) is 18.3 Å². The summed E-state index contributed by atoms with van der Waals surface area (Å²) in [6.07, 6.45) is -1.15. The Morgan fingerprint density at radius 3 is 2.76 bits per heavy atom. The highest BCUT2D eigenvalue weighted by atomic mass is 19.4. The van der Waals surface area contributed by atoms with Crippen molar-refractivity contribution < 1.29 is 18.0 Å². The maximum absolute atomic E-state index is 12.8. The molecule has 1 aromatic heterocycles. The molecule has 3 N–H and O–H groups in total. The van der Waals surface area contributed by atoms with Crippen LogP contribution in [0.3, 0.4) is 0 Å². The van der Waals surface area contributed by atoms with Gasteiger partial charge in [0.1, 0.15) is 0 Å². The van der Waals surface area contributed by atoms with Gasteiger partial charge in [-0.05, 0) is 45.3 Å². The van der Waals surface area contributed by atoms with Gasteiger partial charge in [0.05, 0.1) is 35.4 Å². The Morgan fingerprint density at radius 1 is 1.40 bits per heavy atom. The van der Waals surface area contributed by atoms with E-state index in [0.29, 0.717) is 18.7 Å². The molecule has 1 aromatic carbocycles. The first kappa shape index (κ1) is 18.9. The van der Waals surface area contributed by atoms with Gasteiger partial charge in [0.2, 0.25) is 5.91 Å². The average molecular weight is 355 g/mol. The highest BCUT2D eigenvalue weighted by Crippen LogP contribution is 2.30. The summed E-state index contributed by atoms with van der Waals surface area (Å²) in [6, 6.07) is 4.09. The van der Waals surface area contributed by atoms with E-state index in [1.54, 1.807) is 0 Å². The molecule has 2 rings (SSSR count). The molecule has 0 aliphatic carbocycles. The van der Waals surface area contributed by atoms with Gasteiger partial charge in [-0.15, -0.1) is 0 Å². The second-order valence-corrected chi connectivity index (χ2v) is 5.91. The number of alkyl halides is 3. The molecule has 1 unspecified atom stereocenters. The molecule has 0 bridgehead atoms. The van der Waals surface area contributed by atoms with Crippen LogP contribution in [0.5, 0.6) is 0 Å². The van der Waals surface area contributed by atoms with Crippen molar-refractivity contribution in [2.45, 2.75) is 18.6 Å². The summed E-state index contributed by atoms with van der Waals surface area (Å²) in [4.78, 5) is 13.9. The second-order valence-electron chi connectivity index (χ2n) is 5.91. The topological polar surface area (TPSA) is 76.2 Å². The lowest BCUT2D eigenvalue weighted by Gasteiger charge is -2.14. The highest BCUT2D eigenvalue weighted by Gasteiger charge is 2.30. The summed E-state index contributed by atoms with van der Waals surface area (Å²) < 4.78 is 39.6. The van der Waals surface area contributed by atoms with Crippen LogP contribution in [0.1, 0.15) is 12.0 Å². The Kier molecular flexibility index (Phi) is 5.81. The van der Waals surface area contributed by atoms with Crippen molar-refractivity contribution in [3.8, 4) is 5.69 Å². The number of carbonyl (C=O) groups is 1. The molecule has 6 nitrogen and oxygen atoms in total. The molecular weight excluding hydrogens is 335 g/mol. The van der Waals surface area contributed by atoms with E-state index in [9.17, 15) is 18.0 Å². The van der Waals surface area contributed by atoms with Gasteiger partial charge in [-0.25, -0.2) is 4.68 Å². The van der Waals surface area contributed by atoms with Gasteiger partial charge in [-0.1, -0.05) is 6.07 Å². The monoisotopic (exact) mass is 355 g/mol. The minimum atomic E-state index is -4.43. The molecule has 0 fully saturated rings. The summed E-state index contributed by atoms with van der Waals surface area (Å²) in [5, 5.41) is 6.59. The summed E-state index contributed by atoms with van der Waals surface area (Å²) in [7, 11) is 3.76. The summed E-state index contributed by atoms with van der Waals surface area (Å²) in [5.74, 6) is -0.370. The minimum absolute atomic E-state index is 0.243. The number of nitrogens with two attached hydrogens (primary N) is 1. The van der Waals surface area contributed by atoms with Crippen molar-refractivity contribution in [2.75, 3.05) is 26.0 Å². The van der Waals surface area contributed by atoms with Crippen molar-refractivity contribution >= 4 is 11.6 Å². The Hall–Kier alpha value is -2.39. The first-order valence-electron chi connectivity index (χ1n) is 7.60. The zero-order valence-corrected chi connectivity index (χ0v) is 13.9. The Bertz CT molecular complexity index is 727. The molecule has 0 aliphatic heterocycles. The van der Waals surface area contributed by atoms with E-state index in [-0.39, 0.29) is 11.6 Å². The maximum Gasteiger partial charge on any atom is 0.416 e. The number of rotatable bonds is 6. The minimum Gasteiger partial charge on any atom is -0.322 e. The third-order valence-electron chi connectivity index (χ3n) is 3.51. The number of hydrogen-bond donors (Lipinski definition) is 2. The first-order valence-corrected chi connectivity index (χ1v) is 7.60. The van der Waals surface area contributed by atoms with E-state index in [1.165, 1.54) is 29.2 Å². The van der Waals surface area contributed by atoms with E-state index in [1.807, 2.05) is 19.0 Å². The van der Waals surface area contributed by atoms with E-state index < -0.39 is 17.8 Å². The maximum atomic E-state index is 12.8. The largest absolute Gasteiger partial charge is 0.416 e. The van der Waals surface area contributed by atoms with Gasteiger partial charge in [0.25, 0.3) is 0 Å². The van der Waals surface area contributed by atoms with Crippen LogP contribution in [-0.4, -0.2) is 47.3 Å². The Labute approximate surface area is 143 Å². The van der Waals surface area contributed by atoms with Crippen molar-refractivity contribution in [3.05, 3.63) is 42.2 Å². The van der Waals surface area contributed by atoms with Gasteiger partial charge < -0.3 is 16.0 Å². The van der Waals surface area contributed by atoms with Crippen LogP contribution in [0, 0.1) is 0 Å². The second kappa shape index (κ2) is 7.66. The third kappa shape index (κ3) is 5.30. The molecule has 1 heterocycles. The van der Waals surface area contributed by atoms with Crippen molar-refractivity contribution in [3.63, 3.8) is 0 Å². The van der Waals surface area contributed by atoms with E-state index in [0.717, 1.165) is 12.1 Å². The van der Waals surface area contributed by atoms with E-state index in [2.05, 4.69) is 10.4 Å². The first-order chi connectivity index (χ1) is 11.7. The Morgan fingerprint density at radius 2 is 2.12 bits per heavy atom. The van der Waals surface area contributed by atoms with Crippen molar-refractivity contribution in [1.82, 2.24) is 14.7 Å². The lowest BCUT2D eigenvalue weighted by molar-refractivity contribution is -0.137. The van der Waals surface area contributed by atoms with Crippen LogP contribution in [-0.2, 0) is 11.0 Å². The molecule has 25 heavy (non-hydrogen) atoms. The number of nitrogens with zero attached hydrogens (tertiary/aromatic N) is 3. The number of aromatic nitrogens is 2. The number of amides is 1. The van der Waals surface area contributed by atoms with Crippen LogP contribution in [0.4, 0.5) is 18.9 Å². The fourth-order valence-corrected chi connectivity index (χ4v) is 2.12. The van der Waals surface area contributed by atoms with Crippen LogP contribution in [0.15, 0.2) is 36.7 Å². The van der Waals surface area contributed by atoms with Crippen molar-refractivity contribution in [2.24, 2.45) is 5.73 Å². The molecular formula is C16H20F3N5O. The fourth-order valence-electron chi connectivity index (χ4n) is 2.12. The normalized spacial score (nSPS) is 13.1. The van der Waals surface area contributed by atoms with Crippen molar-refractivity contribution in [1.29, 1.82) is 0 Å². The smallest absolute Gasteiger partial charge is 0.322 e. The molecule has 2 aromatic rings. The molecule has 1 atom stereocenters. The fraction of sp³-hybridized carbons (Fsp3) is 0.375. The molecule has 0 aliphatic rings. The van der Waals surface area contributed by atoms with Gasteiger partial charge in [0.15, 0.2) is 0 Å². The quantitative estimate of drug-likeness (QED) is 0.832. The van der Waals surface area contributed by atoms with Crippen LogP contribution >= 0.6 is 0 Å². The molecule has 136 valence electrons. The zero-order chi connectivity index (χ0) is 18.6. The lowest BCUT2D eigenvalue weighted by Crippen LogP contribution is -2.37. The number of hydrogen-bond acceptors (Lipinski definition) is 4. The van der Waals surface area contributed by atoms with Gasteiger partial charge >= 0.3 is 6.18 Å². The SMILES string of the molecule is CN(C)CCC(N)C(=O)Nc1cnn(-c2cccc(C(F)(F)F)c2)c1. The predicted molar refractivity (Wildman–Crippen MR) is 88.3 cm³/mol. The van der Waals surface area contributed by atoms with Gasteiger partial charge in [-0.3, -0.25) is 4.79 Å². The third-order valence-corrected chi connectivity index (χ3v) is 3.51. The molecule has 0 saturated carbocycles. The van der Waals surface area contributed by atoms with Crippen LogP contribution in [0.25, 0.3) is 5.69 Å². The summed E-state index contributed by atoms with van der Waals surface area (Å²) in [6.45, 7) is 0.665. The summed E-state index contributed by atoms with van der Waals surface area (Å²) in [5.41, 5.74) is 5.65. The molecule has 1 amide bonds. The predicted octanol–water partition coefficient (Wildman–Crippen LogP) is 2.11. The van der Waals surface area contributed by atoms with E-state index in [4.69, 9.17) is 5.73 Å². The standard InChI is InChI=1S/C16H20F3N5O/c1-23(2)7-6-14(20)15(25)22-12-9-21-24(10-12)13-5-3-4-11(8-13)16(17,18)19/h3-5,8-10,14H,6-7,20H2,1-2H3,(H,22,25). The Balaban J connectivity index is 2.06. The molecule has 9 heteroatoms.